The van der Waals surface area contributed by atoms with Crippen molar-refractivity contribution in [3.05, 3.63) is 72.4 Å². The summed E-state index contributed by atoms with van der Waals surface area (Å²) >= 11 is 0. The van der Waals surface area contributed by atoms with E-state index in [1.807, 2.05) is 66.7 Å². The number of Topliss-reactive ketones (excluding diaryl/α,β-unsaturated/α-hetero) is 1. The summed E-state index contributed by atoms with van der Waals surface area (Å²) in [7, 11) is 0. The van der Waals surface area contributed by atoms with Gasteiger partial charge in [0.25, 0.3) is 0 Å². The molecule has 1 aliphatic carbocycles. The zero-order valence-electron chi connectivity index (χ0n) is 11.0. The van der Waals surface area contributed by atoms with Crippen molar-refractivity contribution in [3.8, 4) is 0 Å². The third-order valence-corrected chi connectivity index (χ3v) is 3.25. The number of allylic oxidation sites excluding steroid dienone is 1. The number of nitrogens with one attached hydrogen (secondary N) is 2. The van der Waals surface area contributed by atoms with Gasteiger partial charge < -0.3 is 10.6 Å². The zero-order chi connectivity index (χ0) is 13.8. The first-order chi connectivity index (χ1) is 9.81. The Labute approximate surface area is 118 Å². The molecule has 0 radical (unpaired) electrons. The molecule has 1 atom stereocenters. The van der Waals surface area contributed by atoms with E-state index in [1.54, 1.807) is 0 Å². The molecule has 0 spiro atoms. The van der Waals surface area contributed by atoms with Crippen LogP contribution in [0.1, 0.15) is 6.42 Å². The van der Waals surface area contributed by atoms with E-state index < -0.39 is 0 Å². The highest BCUT2D eigenvalue weighted by atomic mass is 16.1. The summed E-state index contributed by atoms with van der Waals surface area (Å²) < 4.78 is 0. The van der Waals surface area contributed by atoms with Crippen molar-refractivity contribution < 1.29 is 4.79 Å². The van der Waals surface area contributed by atoms with Crippen LogP contribution < -0.4 is 10.6 Å². The molecule has 0 aliphatic heterocycles. The highest BCUT2D eigenvalue weighted by molar-refractivity contribution is 6.01. The molecule has 2 aromatic carbocycles. The highest BCUT2D eigenvalue weighted by Crippen LogP contribution is 2.21. The van der Waals surface area contributed by atoms with Crippen LogP contribution in [0.3, 0.4) is 0 Å². The van der Waals surface area contributed by atoms with E-state index in [0.29, 0.717) is 12.1 Å². The molecule has 3 nitrogen and oxygen atoms in total. The maximum absolute atomic E-state index is 12.0. The molecular weight excluding hydrogens is 248 g/mol. The van der Waals surface area contributed by atoms with Crippen molar-refractivity contribution in [1.29, 1.82) is 0 Å². The summed E-state index contributed by atoms with van der Waals surface area (Å²) in [6, 6.07) is 19.7. The summed E-state index contributed by atoms with van der Waals surface area (Å²) in [5.74, 6) is 0.141. The van der Waals surface area contributed by atoms with Crippen molar-refractivity contribution in [3.63, 3.8) is 0 Å². The molecule has 1 aliphatic rings. The topological polar surface area (TPSA) is 41.1 Å². The maximum atomic E-state index is 12.0. The Kier molecular flexibility index (Phi) is 3.50. The van der Waals surface area contributed by atoms with Gasteiger partial charge in [0.05, 0.1) is 11.7 Å². The number of carbonyl (C=O) groups is 1. The van der Waals surface area contributed by atoms with Gasteiger partial charge in [-0.1, -0.05) is 36.4 Å². The molecule has 3 heteroatoms. The van der Waals surface area contributed by atoms with E-state index in [-0.39, 0.29) is 11.8 Å². The van der Waals surface area contributed by atoms with Gasteiger partial charge in [0.15, 0.2) is 5.78 Å². The van der Waals surface area contributed by atoms with E-state index in [9.17, 15) is 4.79 Å². The number of carbonyl (C=O) groups excluding carboxylic acids is 1. The van der Waals surface area contributed by atoms with Crippen molar-refractivity contribution >= 4 is 17.2 Å². The van der Waals surface area contributed by atoms with Crippen LogP contribution >= 0.6 is 0 Å². The van der Waals surface area contributed by atoms with E-state index >= 15 is 0 Å². The van der Waals surface area contributed by atoms with Gasteiger partial charge in [-0.25, -0.2) is 0 Å². The van der Waals surface area contributed by atoms with Crippen molar-refractivity contribution in [2.24, 2.45) is 0 Å². The van der Waals surface area contributed by atoms with Crippen LogP contribution in [0, 0.1) is 0 Å². The lowest BCUT2D eigenvalue weighted by atomic mass is 10.2. The number of ketones is 1. The minimum atomic E-state index is 0.0520. The van der Waals surface area contributed by atoms with Crippen LogP contribution in [0.15, 0.2) is 72.4 Å². The van der Waals surface area contributed by atoms with Crippen LogP contribution in [0.5, 0.6) is 0 Å². The van der Waals surface area contributed by atoms with E-state index in [2.05, 4.69) is 10.6 Å². The van der Waals surface area contributed by atoms with E-state index in [0.717, 1.165) is 11.4 Å². The molecule has 2 aromatic rings. The SMILES string of the molecule is O=C1CC(Nc2ccccc2)C=C1Nc1ccccc1. The molecule has 0 heterocycles. The summed E-state index contributed by atoms with van der Waals surface area (Å²) in [6.45, 7) is 0. The molecule has 1 unspecified atom stereocenters. The Hall–Kier alpha value is -2.55. The second-order valence-corrected chi connectivity index (χ2v) is 4.82. The third kappa shape index (κ3) is 2.88. The van der Waals surface area contributed by atoms with E-state index in [4.69, 9.17) is 0 Å². The number of rotatable bonds is 4. The van der Waals surface area contributed by atoms with E-state index in [1.165, 1.54) is 0 Å². The van der Waals surface area contributed by atoms with Gasteiger partial charge in [0, 0.05) is 17.8 Å². The molecule has 0 bridgehead atoms. The Morgan fingerprint density at radius 1 is 0.850 bits per heavy atom. The molecule has 0 saturated carbocycles. The van der Waals surface area contributed by atoms with Gasteiger partial charge in [0.1, 0.15) is 0 Å². The molecular formula is C17H16N2O. The normalized spacial score (nSPS) is 17.7. The predicted molar refractivity (Wildman–Crippen MR) is 81.6 cm³/mol. The van der Waals surface area contributed by atoms with Crippen LogP contribution in [-0.4, -0.2) is 11.8 Å². The van der Waals surface area contributed by atoms with Crippen LogP contribution in [0.25, 0.3) is 0 Å². The fourth-order valence-electron chi connectivity index (χ4n) is 2.29. The molecule has 0 aromatic heterocycles. The number of hydrogen-bond donors (Lipinski definition) is 2. The monoisotopic (exact) mass is 264 g/mol. The lowest BCUT2D eigenvalue weighted by Crippen LogP contribution is -2.15. The van der Waals surface area contributed by atoms with Gasteiger partial charge >= 0.3 is 0 Å². The lowest BCUT2D eigenvalue weighted by molar-refractivity contribution is -0.114. The molecule has 3 rings (SSSR count). The van der Waals surface area contributed by atoms with Crippen LogP contribution in [-0.2, 0) is 4.79 Å². The van der Waals surface area contributed by atoms with Gasteiger partial charge in [-0.2, -0.15) is 0 Å². The molecule has 0 amide bonds. The number of para-hydroxylation sites is 2. The fraction of sp³-hybridized carbons (Fsp3) is 0.118. The third-order valence-electron chi connectivity index (χ3n) is 3.25. The van der Waals surface area contributed by atoms with Gasteiger partial charge in [0.2, 0.25) is 0 Å². The van der Waals surface area contributed by atoms with Crippen molar-refractivity contribution in [2.75, 3.05) is 10.6 Å². The Morgan fingerprint density at radius 3 is 2.10 bits per heavy atom. The quantitative estimate of drug-likeness (QED) is 0.888. The minimum Gasteiger partial charge on any atom is -0.378 e. The smallest absolute Gasteiger partial charge is 0.181 e. The molecule has 2 N–H and O–H groups in total. The predicted octanol–water partition coefficient (Wildman–Crippen LogP) is 3.44. The second kappa shape index (κ2) is 5.61. The van der Waals surface area contributed by atoms with Crippen molar-refractivity contribution in [1.82, 2.24) is 0 Å². The molecule has 100 valence electrons. The highest BCUT2D eigenvalue weighted by Gasteiger charge is 2.23. The number of benzene rings is 2. The summed E-state index contributed by atoms with van der Waals surface area (Å²) in [4.78, 5) is 12.0. The second-order valence-electron chi connectivity index (χ2n) is 4.82. The van der Waals surface area contributed by atoms with Gasteiger partial charge in [-0.15, -0.1) is 0 Å². The maximum Gasteiger partial charge on any atom is 0.181 e. The first kappa shape index (κ1) is 12.5. The number of hydrogen-bond acceptors (Lipinski definition) is 3. The first-order valence-electron chi connectivity index (χ1n) is 6.70. The Balaban J connectivity index is 1.69. The standard InChI is InChI=1S/C17H16N2O/c20-17-12-15(18-13-7-3-1-4-8-13)11-16(17)19-14-9-5-2-6-10-14/h1-11,15,18-19H,12H2. The average molecular weight is 264 g/mol. The molecule has 0 fully saturated rings. The molecule has 0 saturated heterocycles. The Bertz CT molecular complexity index is 620. The summed E-state index contributed by atoms with van der Waals surface area (Å²) in [6.07, 6.45) is 2.45. The van der Waals surface area contributed by atoms with Crippen LogP contribution in [0.4, 0.5) is 11.4 Å². The van der Waals surface area contributed by atoms with Crippen molar-refractivity contribution in [2.45, 2.75) is 12.5 Å². The first-order valence-corrected chi connectivity index (χ1v) is 6.70. The Morgan fingerprint density at radius 2 is 1.45 bits per heavy atom. The zero-order valence-corrected chi connectivity index (χ0v) is 11.0. The number of anilines is 2. The minimum absolute atomic E-state index is 0.0520. The van der Waals surface area contributed by atoms with Crippen LogP contribution in [0.2, 0.25) is 0 Å². The van der Waals surface area contributed by atoms with Gasteiger partial charge in [-0.3, -0.25) is 4.79 Å². The lowest BCUT2D eigenvalue weighted by Gasteiger charge is -2.10. The average Bonchev–Trinajstić information content (AvgIpc) is 2.81. The van der Waals surface area contributed by atoms with Gasteiger partial charge in [-0.05, 0) is 30.3 Å². The summed E-state index contributed by atoms with van der Waals surface area (Å²) in [5, 5.41) is 6.53. The summed E-state index contributed by atoms with van der Waals surface area (Å²) in [5.41, 5.74) is 2.64. The largest absolute Gasteiger partial charge is 0.378 e. The fourth-order valence-corrected chi connectivity index (χ4v) is 2.29. The molecule has 20 heavy (non-hydrogen) atoms.